The number of hydrogen-bond acceptors (Lipinski definition) is 4. The number of hydrogen-bond donors (Lipinski definition) is 1. The van der Waals surface area contributed by atoms with Crippen LogP contribution in [0.4, 0.5) is 0 Å². The molecule has 10 atom stereocenters. The maximum atomic E-state index is 11.4. The molecule has 4 saturated heterocycles. The Morgan fingerprint density at radius 2 is 2.00 bits per heavy atom. The predicted octanol–water partition coefficient (Wildman–Crippen LogP) is 2.91. The number of ether oxygens (including phenoxy) is 2. The first-order chi connectivity index (χ1) is 12.5. The number of fused-ring (bicyclic) bond motifs is 4. The van der Waals surface area contributed by atoms with Crippen molar-refractivity contribution in [3.8, 4) is 0 Å². The summed E-state index contributed by atoms with van der Waals surface area (Å²) in [5.41, 5.74) is 1.55. The molecule has 0 amide bonds. The molecule has 0 aromatic carbocycles. The van der Waals surface area contributed by atoms with Gasteiger partial charge >= 0.3 is 0 Å². The zero-order valence-corrected chi connectivity index (χ0v) is 15.8. The second-order valence-corrected chi connectivity index (χ2v) is 10.8. The Kier molecular flexibility index (Phi) is 2.64. The van der Waals surface area contributed by atoms with E-state index in [0.29, 0.717) is 17.8 Å². The number of aliphatic hydroxyl groups is 1. The number of aliphatic hydroxyl groups excluding tert-OH is 1. The molecule has 7 bridgehead atoms. The SMILES string of the molecule is C=C1[C@H]2CC[C@@]3(C4C[C@@H]5[C@@]6(C)CCC[C@@]5(C(O4)N4CCO[C@@H]46)[C@@H]3C2)[C@H]1O. The van der Waals surface area contributed by atoms with Crippen molar-refractivity contribution in [3.05, 3.63) is 12.2 Å². The van der Waals surface area contributed by atoms with E-state index in [-0.39, 0.29) is 40.9 Å². The second-order valence-electron chi connectivity index (χ2n) is 10.8. The van der Waals surface area contributed by atoms with Crippen LogP contribution in [0.25, 0.3) is 0 Å². The zero-order valence-electron chi connectivity index (χ0n) is 15.8. The summed E-state index contributed by atoms with van der Waals surface area (Å²) in [7, 11) is 0. The third-order valence-corrected chi connectivity index (χ3v) is 10.5. The Morgan fingerprint density at radius 3 is 2.88 bits per heavy atom. The smallest absolute Gasteiger partial charge is 0.119 e. The van der Waals surface area contributed by atoms with Crippen molar-refractivity contribution < 1.29 is 14.6 Å². The standard InChI is InChI=1S/C22H31NO3/c1-12-13-4-7-22(17(12)24)15(10-13)21-6-3-5-20(2)14(21)11-16(22)26-19(21)23-8-9-25-18(20)23/h13-19,24H,1,3-11H2,2H3/t13-,14+,15-,16?,17-,18+,19?,20+,21-,22+/m0/s1. The first-order valence-electron chi connectivity index (χ1n) is 10.9. The van der Waals surface area contributed by atoms with Crippen molar-refractivity contribution in [1.29, 1.82) is 0 Å². The summed E-state index contributed by atoms with van der Waals surface area (Å²) in [4.78, 5) is 2.60. The van der Waals surface area contributed by atoms with Gasteiger partial charge in [0.2, 0.25) is 0 Å². The molecule has 0 aromatic heterocycles. The van der Waals surface area contributed by atoms with Gasteiger partial charge in [0.1, 0.15) is 12.5 Å². The summed E-state index contributed by atoms with van der Waals surface area (Å²) in [5, 5.41) is 11.4. The summed E-state index contributed by atoms with van der Waals surface area (Å²) < 4.78 is 13.2. The Balaban J connectivity index is 1.45. The lowest BCUT2D eigenvalue weighted by Gasteiger charge is -2.80. The third kappa shape index (κ3) is 1.32. The van der Waals surface area contributed by atoms with Crippen LogP contribution in [0.1, 0.15) is 51.9 Å². The van der Waals surface area contributed by atoms with Crippen LogP contribution in [0.5, 0.6) is 0 Å². The van der Waals surface area contributed by atoms with Crippen LogP contribution in [0.3, 0.4) is 0 Å². The largest absolute Gasteiger partial charge is 0.388 e. The van der Waals surface area contributed by atoms with Crippen molar-refractivity contribution in [2.45, 2.75) is 76.5 Å². The first kappa shape index (κ1) is 15.5. The van der Waals surface area contributed by atoms with Crippen molar-refractivity contribution in [1.82, 2.24) is 4.90 Å². The van der Waals surface area contributed by atoms with E-state index in [0.717, 1.165) is 31.6 Å². The molecule has 9 aliphatic rings. The lowest BCUT2D eigenvalue weighted by atomic mass is 9.32. The van der Waals surface area contributed by atoms with Crippen LogP contribution in [0.15, 0.2) is 12.2 Å². The minimum atomic E-state index is -0.345. The highest BCUT2D eigenvalue weighted by Crippen LogP contribution is 2.79. The quantitative estimate of drug-likeness (QED) is 0.677. The molecule has 0 aromatic rings. The fourth-order valence-corrected chi connectivity index (χ4v) is 9.72. The van der Waals surface area contributed by atoms with Crippen molar-refractivity contribution in [3.63, 3.8) is 0 Å². The molecule has 5 aliphatic carbocycles. The third-order valence-electron chi connectivity index (χ3n) is 10.5. The molecule has 2 spiro atoms. The van der Waals surface area contributed by atoms with Crippen LogP contribution in [-0.4, -0.2) is 47.8 Å². The van der Waals surface area contributed by atoms with Gasteiger partial charge in [-0.15, -0.1) is 0 Å². The molecule has 26 heavy (non-hydrogen) atoms. The van der Waals surface area contributed by atoms with E-state index in [1.54, 1.807) is 0 Å². The van der Waals surface area contributed by atoms with E-state index >= 15 is 0 Å². The molecule has 1 N–H and O–H groups in total. The first-order valence-corrected chi connectivity index (χ1v) is 10.9. The summed E-state index contributed by atoms with van der Waals surface area (Å²) in [6, 6.07) is 0. The molecule has 9 rings (SSSR count). The molecular formula is C22H31NO3. The maximum absolute atomic E-state index is 11.4. The van der Waals surface area contributed by atoms with Gasteiger partial charge in [-0.25, -0.2) is 4.90 Å². The summed E-state index contributed by atoms with van der Waals surface area (Å²) in [6.07, 6.45) is 8.94. The van der Waals surface area contributed by atoms with E-state index in [4.69, 9.17) is 9.47 Å². The monoisotopic (exact) mass is 357 g/mol. The molecule has 142 valence electrons. The molecule has 0 radical (unpaired) electrons. The van der Waals surface area contributed by atoms with Gasteiger partial charge in [-0.1, -0.05) is 19.9 Å². The molecule has 5 saturated carbocycles. The second kappa shape index (κ2) is 4.42. The minimum Gasteiger partial charge on any atom is -0.388 e. The minimum absolute atomic E-state index is 0.0511. The fraction of sp³-hybridized carbons (Fsp3) is 0.909. The molecule has 4 nitrogen and oxygen atoms in total. The van der Waals surface area contributed by atoms with E-state index in [2.05, 4.69) is 18.4 Å². The van der Waals surface area contributed by atoms with Crippen LogP contribution < -0.4 is 0 Å². The van der Waals surface area contributed by atoms with E-state index in [9.17, 15) is 5.11 Å². The Labute approximate surface area is 155 Å². The maximum Gasteiger partial charge on any atom is 0.119 e. The normalized spacial score (nSPS) is 65.2. The van der Waals surface area contributed by atoms with Gasteiger partial charge in [0.05, 0.1) is 18.8 Å². The van der Waals surface area contributed by atoms with Gasteiger partial charge in [0.15, 0.2) is 0 Å². The summed E-state index contributed by atoms with van der Waals surface area (Å²) in [5.74, 6) is 1.84. The highest BCUT2D eigenvalue weighted by Gasteiger charge is 2.80. The van der Waals surface area contributed by atoms with Crippen molar-refractivity contribution in [2.75, 3.05) is 13.2 Å². The van der Waals surface area contributed by atoms with Crippen LogP contribution in [0.2, 0.25) is 0 Å². The highest BCUT2D eigenvalue weighted by molar-refractivity contribution is 5.32. The van der Waals surface area contributed by atoms with Crippen LogP contribution >= 0.6 is 0 Å². The van der Waals surface area contributed by atoms with Gasteiger partial charge in [-0.05, 0) is 61.9 Å². The van der Waals surface area contributed by atoms with E-state index in [1.807, 2.05) is 0 Å². The van der Waals surface area contributed by atoms with Gasteiger partial charge in [0.25, 0.3) is 0 Å². The highest BCUT2D eigenvalue weighted by atomic mass is 16.6. The Bertz CT molecular complexity index is 710. The number of piperidine rings is 1. The lowest BCUT2D eigenvalue weighted by molar-refractivity contribution is -0.422. The molecular weight excluding hydrogens is 326 g/mol. The van der Waals surface area contributed by atoms with Crippen LogP contribution in [0, 0.1) is 34.0 Å². The average molecular weight is 357 g/mol. The molecule has 4 aliphatic heterocycles. The van der Waals surface area contributed by atoms with Crippen LogP contribution in [-0.2, 0) is 9.47 Å². The van der Waals surface area contributed by atoms with Gasteiger partial charge in [-0.3, -0.25) is 0 Å². The molecule has 4 heteroatoms. The zero-order chi connectivity index (χ0) is 17.5. The Hall–Kier alpha value is -0.420. The van der Waals surface area contributed by atoms with Gasteiger partial charge < -0.3 is 14.6 Å². The number of nitrogens with zero attached hydrogens (tertiary/aromatic N) is 1. The molecule has 2 unspecified atom stereocenters. The van der Waals surface area contributed by atoms with E-state index in [1.165, 1.54) is 32.1 Å². The summed E-state index contributed by atoms with van der Waals surface area (Å²) in [6.45, 7) is 8.71. The molecule has 9 fully saturated rings. The van der Waals surface area contributed by atoms with Gasteiger partial charge in [0, 0.05) is 22.8 Å². The van der Waals surface area contributed by atoms with Crippen molar-refractivity contribution in [2.24, 2.45) is 34.0 Å². The van der Waals surface area contributed by atoms with Gasteiger partial charge in [-0.2, -0.15) is 0 Å². The lowest BCUT2D eigenvalue weighted by Crippen LogP contribution is -2.83. The van der Waals surface area contributed by atoms with E-state index < -0.39 is 0 Å². The average Bonchev–Trinajstić information content (AvgIpc) is 3.14. The summed E-state index contributed by atoms with van der Waals surface area (Å²) >= 11 is 0. The predicted molar refractivity (Wildman–Crippen MR) is 96.0 cm³/mol. The van der Waals surface area contributed by atoms with Crippen molar-refractivity contribution >= 4 is 0 Å². The molecule has 4 heterocycles. The number of rotatable bonds is 0. The Morgan fingerprint density at radius 1 is 1.12 bits per heavy atom. The topological polar surface area (TPSA) is 41.9 Å². The fourth-order valence-electron chi connectivity index (χ4n) is 9.72.